The van der Waals surface area contributed by atoms with Crippen LogP contribution in [0.15, 0.2) is 59.7 Å². The first-order valence-corrected chi connectivity index (χ1v) is 25.3. The number of likely N-dealkylation sites (tertiary alicyclic amines) is 2. The van der Waals surface area contributed by atoms with Gasteiger partial charge >= 0.3 is 10.2 Å². The molecule has 2 N–H and O–H groups in total. The second kappa shape index (κ2) is 18.6. The zero-order valence-electron chi connectivity index (χ0n) is 38.7. The monoisotopic (exact) mass is 962 g/mol. The topological polar surface area (TPSA) is 214 Å². The van der Waals surface area contributed by atoms with Gasteiger partial charge in [0.05, 0.1) is 64.8 Å². The fraction of sp³-hybridized carbons (Fsp3) is 0.490. The molecule has 3 aromatic carbocycles. The summed E-state index contributed by atoms with van der Waals surface area (Å²) in [6.45, 7) is 6.00. The third kappa shape index (κ3) is 9.08. The molecule has 2 aromatic heterocycles. The van der Waals surface area contributed by atoms with Crippen molar-refractivity contribution in [2.75, 3.05) is 57.1 Å². The second-order valence-corrected chi connectivity index (χ2v) is 20.9. The van der Waals surface area contributed by atoms with E-state index in [1.54, 1.807) is 10.6 Å². The molecule has 0 radical (unpaired) electrons. The molecule has 5 saturated heterocycles. The van der Waals surface area contributed by atoms with Gasteiger partial charge in [0.2, 0.25) is 17.7 Å². The van der Waals surface area contributed by atoms with E-state index in [4.69, 9.17) is 14.6 Å². The van der Waals surface area contributed by atoms with Gasteiger partial charge in [-0.3, -0.25) is 43.4 Å². The number of ether oxygens (including phenoxy) is 2. The summed E-state index contributed by atoms with van der Waals surface area (Å²) in [5.41, 5.74) is 1.95. The molecule has 5 aromatic rings. The van der Waals surface area contributed by atoms with E-state index < -0.39 is 33.3 Å². The lowest BCUT2D eigenvalue weighted by Gasteiger charge is -2.40. The number of rotatable bonds is 11. The fourth-order valence-electron chi connectivity index (χ4n) is 11.0. The summed E-state index contributed by atoms with van der Waals surface area (Å²) < 4.78 is 61.2. The molecule has 10 rings (SSSR count). The highest BCUT2D eigenvalue weighted by molar-refractivity contribution is 7.90. The number of nitriles is 1. The Morgan fingerprint density at radius 3 is 2.55 bits per heavy atom. The molecule has 3 atom stereocenters. The van der Waals surface area contributed by atoms with Crippen LogP contribution >= 0.6 is 0 Å². The number of nitrogens with zero attached hydrogens (tertiary/aromatic N) is 8. The van der Waals surface area contributed by atoms with Crippen LogP contribution in [0.2, 0.25) is 0 Å². The number of anilines is 1. The van der Waals surface area contributed by atoms with Crippen LogP contribution in [0.25, 0.3) is 21.8 Å². The van der Waals surface area contributed by atoms with Crippen molar-refractivity contribution in [2.24, 2.45) is 13.0 Å². The lowest BCUT2D eigenvalue weighted by molar-refractivity contribution is -0.137. The molecule has 7 heterocycles. The summed E-state index contributed by atoms with van der Waals surface area (Å²) in [6, 6.07) is 14.6. The standard InChI is InChI=1S/C49H55FN10O8S/c1-3-30-12-19-59(26-30)69(65,66)55-41-10-8-39(50)46(38(41)25-51)68-34-5-9-40-37(23-34)48(64)60(29-52-40)33-24-49(67-28-33)15-20-58(21-16-49)44(62)27-57-17-13-31(14-18-57)32-4-6-35-42(22-32)56(2)54-45(35)36-7-11-43(61)53-47(36)63/h4-6,8-10,22-23,29-31,33,36,55H,3,7,11-21,24,26-28H2,1-2H3,(H,53,61,63)/t30-,33-,36?/m1/s1. The average molecular weight is 963 g/mol. The van der Waals surface area contributed by atoms with Gasteiger partial charge in [-0.25, -0.2) is 9.37 Å². The molecule has 0 bridgehead atoms. The van der Waals surface area contributed by atoms with Crippen LogP contribution in [-0.2, 0) is 36.4 Å². The fourth-order valence-corrected chi connectivity index (χ4v) is 12.3. The van der Waals surface area contributed by atoms with E-state index in [0.29, 0.717) is 82.0 Å². The Hall–Kier alpha value is -6.27. The van der Waals surface area contributed by atoms with Gasteiger partial charge in [-0.05, 0) is 112 Å². The summed E-state index contributed by atoms with van der Waals surface area (Å²) >= 11 is 0. The Labute approximate surface area is 398 Å². The van der Waals surface area contributed by atoms with Crippen molar-refractivity contribution < 1.29 is 36.7 Å². The maximum Gasteiger partial charge on any atom is 0.301 e. The van der Waals surface area contributed by atoms with Gasteiger partial charge in [0, 0.05) is 45.0 Å². The Kier molecular flexibility index (Phi) is 12.5. The number of carbonyl (C=O) groups is 3. The van der Waals surface area contributed by atoms with Crippen molar-refractivity contribution in [3.8, 4) is 17.6 Å². The molecule has 69 heavy (non-hydrogen) atoms. The smallest absolute Gasteiger partial charge is 0.301 e. The van der Waals surface area contributed by atoms with E-state index in [1.807, 2.05) is 35.7 Å². The summed E-state index contributed by atoms with van der Waals surface area (Å²) in [5, 5.41) is 18.4. The Balaban J connectivity index is 0.739. The molecule has 20 heteroatoms. The van der Waals surface area contributed by atoms with E-state index in [9.17, 15) is 32.9 Å². The number of hydrogen-bond donors (Lipinski definition) is 2. The summed E-state index contributed by atoms with van der Waals surface area (Å²) in [6.07, 6.45) is 7.46. The van der Waals surface area contributed by atoms with E-state index in [1.165, 1.54) is 34.4 Å². The van der Waals surface area contributed by atoms with Crippen molar-refractivity contribution >= 4 is 55.4 Å². The lowest BCUT2D eigenvalue weighted by atomic mass is 9.87. The van der Waals surface area contributed by atoms with Gasteiger partial charge in [0.15, 0.2) is 11.6 Å². The van der Waals surface area contributed by atoms with Crippen LogP contribution < -0.4 is 20.3 Å². The normalized spacial score (nSPS) is 22.6. The van der Waals surface area contributed by atoms with Crippen molar-refractivity contribution in [3.63, 3.8) is 0 Å². The minimum Gasteiger partial charge on any atom is -0.453 e. The zero-order valence-corrected chi connectivity index (χ0v) is 39.5. The number of amides is 3. The molecular weight excluding hydrogens is 908 g/mol. The van der Waals surface area contributed by atoms with Crippen LogP contribution in [0.5, 0.6) is 11.5 Å². The number of imide groups is 1. The summed E-state index contributed by atoms with van der Waals surface area (Å²) in [4.78, 5) is 60.7. The third-order valence-corrected chi connectivity index (χ3v) is 16.6. The predicted molar refractivity (Wildman–Crippen MR) is 252 cm³/mol. The summed E-state index contributed by atoms with van der Waals surface area (Å²) in [7, 11) is -2.14. The van der Waals surface area contributed by atoms with Crippen LogP contribution in [0, 0.1) is 23.1 Å². The first-order valence-electron chi connectivity index (χ1n) is 23.8. The van der Waals surface area contributed by atoms with Crippen molar-refractivity contribution in [2.45, 2.75) is 88.2 Å². The Morgan fingerprint density at radius 2 is 1.81 bits per heavy atom. The Morgan fingerprint density at radius 1 is 1.01 bits per heavy atom. The largest absolute Gasteiger partial charge is 0.453 e. The van der Waals surface area contributed by atoms with E-state index >= 15 is 4.39 Å². The molecule has 5 aliphatic heterocycles. The lowest BCUT2D eigenvalue weighted by Crippen LogP contribution is -2.50. The molecule has 1 unspecified atom stereocenters. The average Bonchev–Trinajstić information content (AvgIpc) is 4.09. The van der Waals surface area contributed by atoms with E-state index in [-0.39, 0.29) is 64.2 Å². The van der Waals surface area contributed by atoms with Crippen LogP contribution in [0.4, 0.5) is 10.1 Å². The van der Waals surface area contributed by atoms with E-state index in [0.717, 1.165) is 55.7 Å². The minimum atomic E-state index is -4.02. The maximum absolute atomic E-state index is 15.3. The number of hydrogen-bond acceptors (Lipinski definition) is 12. The number of nitrogens with one attached hydrogen (secondary N) is 2. The molecular formula is C49H55FN10O8S. The molecule has 362 valence electrons. The number of aromatic nitrogens is 4. The maximum atomic E-state index is 15.3. The minimum absolute atomic E-state index is 0.0616. The molecule has 0 aliphatic carbocycles. The molecule has 18 nitrogen and oxygen atoms in total. The summed E-state index contributed by atoms with van der Waals surface area (Å²) in [5.74, 6) is -1.64. The first-order chi connectivity index (χ1) is 33.2. The van der Waals surface area contributed by atoms with Gasteiger partial charge in [-0.2, -0.15) is 23.1 Å². The van der Waals surface area contributed by atoms with Gasteiger partial charge in [0.1, 0.15) is 17.4 Å². The second-order valence-electron chi connectivity index (χ2n) is 19.2. The molecule has 1 spiro atoms. The molecule has 3 amide bonds. The van der Waals surface area contributed by atoms with Crippen LogP contribution in [0.1, 0.15) is 99.4 Å². The number of halogens is 1. The zero-order chi connectivity index (χ0) is 48.2. The highest BCUT2D eigenvalue weighted by Gasteiger charge is 2.45. The number of carbonyl (C=O) groups excluding carboxylic acids is 3. The number of aryl methyl sites for hydroxylation is 1. The number of piperidine rings is 3. The first kappa shape index (κ1) is 46.5. The molecule has 0 saturated carbocycles. The van der Waals surface area contributed by atoms with Crippen LogP contribution in [-0.4, -0.2) is 118 Å². The number of fused-ring (bicyclic) bond motifs is 2. The molecule has 5 fully saturated rings. The Bertz CT molecular complexity index is 3080. The van der Waals surface area contributed by atoms with Crippen molar-refractivity contribution in [3.05, 3.63) is 87.9 Å². The number of benzene rings is 3. The predicted octanol–water partition coefficient (Wildman–Crippen LogP) is 5.20. The SMILES string of the molecule is CC[C@@H]1CCN(S(=O)(=O)Nc2ccc(F)c(Oc3ccc4ncn([C@H]5COC6(CCN(C(=O)CN7CCC(c8ccc9c(C%10CCC(=O)NC%10=O)nn(C)c9c8)CC7)CC6)C5)c(=O)c4c3)c2C#N)C1. The van der Waals surface area contributed by atoms with Gasteiger partial charge < -0.3 is 14.4 Å². The third-order valence-electron chi connectivity index (χ3n) is 15.1. The molecule has 5 aliphatic rings. The highest BCUT2D eigenvalue weighted by Crippen LogP contribution is 2.41. The van der Waals surface area contributed by atoms with Crippen molar-refractivity contribution in [1.82, 2.24) is 38.8 Å². The van der Waals surface area contributed by atoms with Gasteiger partial charge in [0.25, 0.3) is 5.56 Å². The quantitative estimate of drug-likeness (QED) is 0.164. The van der Waals surface area contributed by atoms with Crippen molar-refractivity contribution in [1.29, 1.82) is 5.26 Å². The van der Waals surface area contributed by atoms with Gasteiger partial charge in [-0.15, -0.1) is 0 Å². The van der Waals surface area contributed by atoms with E-state index in [2.05, 4.69) is 32.1 Å². The van der Waals surface area contributed by atoms with Gasteiger partial charge in [-0.1, -0.05) is 25.5 Å². The highest BCUT2D eigenvalue weighted by atomic mass is 32.2. The van der Waals surface area contributed by atoms with Crippen LogP contribution in [0.3, 0.4) is 0 Å².